The van der Waals surface area contributed by atoms with Crippen LogP contribution in [0.3, 0.4) is 0 Å². The number of benzene rings is 2. The summed E-state index contributed by atoms with van der Waals surface area (Å²) in [6, 6.07) is 9.16. The van der Waals surface area contributed by atoms with Gasteiger partial charge < -0.3 is 15.0 Å². The molecule has 6 nitrogen and oxygen atoms in total. The quantitative estimate of drug-likeness (QED) is 0.645. The Hall–Kier alpha value is -2.78. The molecule has 2 aromatic rings. The summed E-state index contributed by atoms with van der Waals surface area (Å²) in [6.45, 7) is -0.829. The van der Waals surface area contributed by atoms with E-state index in [2.05, 4.69) is 5.32 Å². The molecule has 1 aliphatic rings. The molecule has 1 N–H and O–H groups in total. The molecule has 3 rings (SSSR count). The number of anilines is 2. The second kappa shape index (κ2) is 9.15. The van der Waals surface area contributed by atoms with Crippen LogP contribution >= 0.6 is 23.2 Å². The van der Waals surface area contributed by atoms with E-state index in [0.29, 0.717) is 5.69 Å². The number of hydrogen-bond acceptors (Lipinski definition) is 4. The van der Waals surface area contributed by atoms with Crippen LogP contribution in [0.25, 0.3) is 0 Å². The third kappa shape index (κ3) is 5.29. The first-order chi connectivity index (χ1) is 14.6. The van der Waals surface area contributed by atoms with E-state index < -0.39 is 41.8 Å². The molecule has 0 bridgehead atoms. The highest BCUT2D eigenvalue weighted by Crippen LogP contribution is 2.36. The summed E-state index contributed by atoms with van der Waals surface area (Å²) in [5, 5.41) is 2.48. The Bertz CT molecular complexity index is 1030. The van der Waals surface area contributed by atoms with Gasteiger partial charge in [-0.25, -0.2) is 0 Å². The van der Waals surface area contributed by atoms with Gasteiger partial charge in [0.15, 0.2) is 6.61 Å². The van der Waals surface area contributed by atoms with Gasteiger partial charge in [-0.15, -0.1) is 0 Å². The number of nitrogens with one attached hydrogen (secondary N) is 1. The highest BCUT2D eigenvalue weighted by molar-refractivity contribution is 6.44. The van der Waals surface area contributed by atoms with Gasteiger partial charge in [0.1, 0.15) is 0 Å². The van der Waals surface area contributed by atoms with E-state index in [9.17, 15) is 27.6 Å². The van der Waals surface area contributed by atoms with E-state index in [0.717, 1.165) is 12.1 Å². The first-order valence-corrected chi connectivity index (χ1v) is 9.70. The molecule has 11 heteroatoms. The zero-order valence-corrected chi connectivity index (χ0v) is 17.2. The normalized spacial score (nSPS) is 16.4. The molecule has 0 unspecified atom stereocenters. The first kappa shape index (κ1) is 22.9. The van der Waals surface area contributed by atoms with Crippen molar-refractivity contribution in [2.45, 2.75) is 12.6 Å². The van der Waals surface area contributed by atoms with Crippen molar-refractivity contribution < 1.29 is 32.3 Å². The molecule has 0 spiro atoms. The molecule has 1 saturated heterocycles. The highest BCUT2D eigenvalue weighted by Gasteiger charge is 2.37. The number of amides is 2. The maximum absolute atomic E-state index is 13.0. The zero-order chi connectivity index (χ0) is 22.8. The van der Waals surface area contributed by atoms with Crippen LogP contribution in [0.15, 0.2) is 42.5 Å². The Morgan fingerprint density at radius 2 is 1.84 bits per heavy atom. The van der Waals surface area contributed by atoms with Crippen LogP contribution in [-0.4, -0.2) is 30.9 Å². The number of rotatable bonds is 5. The largest absolute Gasteiger partial charge is 0.455 e. The molecule has 2 aromatic carbocycles. The first-order valence-electron chi connectivity index (χ1n) is 8.95. The molecule has 1 aliphatic heterocycles. The van der Waals surface area contributed by atoms with E-state index in [1.165, 1.54) is 17.0 Å². The molecule has 0 aromatic heterocycles. The molecule has 0 aliphatic carbocycles. The number of para-hydroxylation sites is 1. The van der Waals surface area contributed by atoms with Crippen LogP contribution < -0.4 is 10.2 Å². The zero-order valence-electron chi connectivity index (χ0n) is 15.7. The smallest absolute Gasteiger partial charge is 0.418 e. The van der Waals surface area contributed by atoms with Crippen LogP contribution in [0.5, 0.6) is 0 Å². The van der Waals surface area contributed by atoms with Gasteiger partial charge in [-0.05, 0) is 24.3 Å². The van der Waals surface area contributed by atoms with Crippen LogP contribution in [0.1, 0.15) is 12.0 Å². The summed E-state index contributed by atoms with van der Waals surface area (Å²) < 4.78 is 43.9. The van der Waals surface area contributed by atoms with Crippen molar-refractivity contribution in [2.75, 3.05) is 23.4 Å². The van der Waals surface area contributed by atoms with Crippen molar-refractivity contribution in [1.82, 2.24) is 0 Å². The van der Waals surface area contributed by atoms with Crippen LogP contribution in [-0.2, 0) is 25.3 Å². The fraction of sp³-hybridized carbons (Fsp3) is 0.250. The average Bonchev–Trinajstić information content (AvgIpc) is 3.09. The standard InChI is InChI=1S/C20H15Cl2F3N2O4/c21-13-5-3-7-15(18(13)22)27-9-11(8-17(27)29)19(30)31-10-16(28)26-14-6-2-1-4-12(14)20(23,24)25/h1-7,11H,8-10H2,(H,26,28)/t11-/m1/s1. The second-order valence-corrected chi connectivity index (χ2v) is 7.46. The van der Waals surface area contributed by atoms with Gasteiger partial charge in [0.2, 0.25) is 5.91 Å². The fourth-order valence-electron chi connectivity index (χ4n) is 3.08. The molecule has 31 heavy (non-hydrogen) atoms. The van der Waals surface area contributed by atoms with Crippen molar-refractivity contribution in [2.24, 2.45) is 5.92 Å². The monoisotopic (exact) mass is 474 g/mol. The van der Waals surface area contributed by atoms with Gasteiger partial charge >= 0.3 is 12.1 Å². The topological polar surface area (TPSA) is 75.7 Å². The summed E-state index contributed by atoms with van der Waals surface area (Å²) in [5.41, 5.74) is -1.13. The molecular formula is C20H15Cl2F3N2O4. The van der Waals surface area contributed by atoms with E-state index >= 15 is 0 Å². The number of carbonyl (C=O) groups is 3. The summed E-state index contributed by atoms with van der Waals surface area (Å²) >= 11 is 12.1. The number of hydrogen-bond donors (Lipinski definition) is 1. The Morgan fingerprint density at radius 1 is 1.13 bits per heavy atom. The Labute approximate surface area is 184 Å². The van der Waals surface area contributed by atoms with Crippen molar-refractivity contribution in [1.29, 1.82) is 0 Å². The molecule has 1 heterocycles. The van der Waals surface area contributed by atoms with E-state index in [4.69, 9.17) is 27.9 Å². The number of carbonyl (C=O) groups excluding carboxylic acids is 3. The lowest BCUT2D eigenvalue weighted by Gasteiger charge is -2.18. The number of ether oxygens (including phenoxy) is 1. The van der Waals surface area contributed by atoms with Gasteiger partial charge in [-0.1, -0.05) is 41.4 Å². The highest BCUT2D eigenvalue weighted by atomic mass is 35.5. The minimum absolute atomic E-state index is 0.0315. The Balaban J connectivity index is 1.59. The fourth-order valence-corrected chi connectivity index (χ4v) is 3.48. The molecule has 164 valence electrons. The molecule has 0 saturated carbocycles. The molecule has 1 atom stereocenters. The van der Waals surface area contributed by atoms with Crippen molar-refractivity contribution in [3.63, 3.8) is 0 Å². The lowest BCUT2D eigenvalue weighted by molar-refractivity contribution is -0.151. The third-order valence-corrected chi connectivity index (χ3v) is 5.34. The summed E-state index contributed by atoms with van der Waals surface area (Å²) in [6.07, 6.45) is -4.82. The average molecular weight is 475 g/mol. The lowest BCUT2D eigenvalue weighted by atomic mass is 10.1. The molecular weight excluding hydrogens is 460 g/mol. The van der Waals surface area contributed by atoms with Crippen molar-refractivity contribution in [3.8, 4) is 0 Å². The van der Waals surface area contributed by atoms with E-state index in [1.807, 2.05) is 0 Å². The lowest BCUT2D eigenvalue weighted by Crippen LogP contribution is -2.28. The van der Waals surface area contributed by atoms with Gasteiger partial charge in [0.25, 0.3) is 5.91 Å². The molecule has 1 fully saturated rings. The Kier molecular flexibility index (Phi) is 6.76. The summed E-state index contributed by atoms with van der Waals surface area (Å²) in [7, 11) is 0. The number of esters is 1. The van der Waals surface area contributed by atoms with Gasteiger partial charge in [0.05, 0.1) is 32.9 Å². The number of halogens is 5. The van der Waals surface area contributed by atoms with E-state index in [-0.39, 0.29) is 28.9 Å². The van der Waals surface area contributed by atoms with Crippen LogP contribution in [0.4, 0.5) is 24.5 Å². The van der Waals surface area contributed by atoms with Gasteiger partial charge in [-0.2, -0.15) is 13.2 Å². The van der Waals surface area contributed by atoms with Crippen molar-refractivity contribution >= 4 is 52.4 Å². The minimum atomic E-state index is -4.66. The third-order valence-electron chi connectivity index (χ3n) is 4.53. The van der Waals surface area contributed by atoms with Crippen LogP contribution in [0, 0.1) is 5.92 Å². The van der Waals surface area contributed by atoms with Gasteiger partial charge in [0, 0.05) is 13.0 Å². The number of alkyl halides is 3. The maximum Gasteiger partial charge on any atom is 0.418 e. The summed E-state index contributed by atoms with van der Waals surface area (Å²) in [5.74, 6) is -3.01. The maximum atomic E-state index is 13.0. The van der Waals surface area contributed by atoms with Crippen molar-refractivity contribution in [3.05, 3.63) is 58.1 Å². The minimum Gasteiger partial charge on any atom is -0.455 e. The Morgan fingerprint density at radius 3 is 2.55 bits per heavy atom. The number of nitrogens with zero attached hydrogens (tertiary/aromatic N) is 1. The van der Waals surface area contributed by atoms with Gasteiger partial charge in [-0.3, -0.25) is 14.4 Å². The van der Waals surface area contributed by atoms with Crippen LogP contribution in [0.2, 0.25) is 10.0 Å². The second-order valence-electron chi connectivity index (χ2n) is 6.68. The molecule has 2 amide bonds. The molecule has 0 radical (unpaired) electrons. The predicted molar refractivity (Wildman–Crippen MR) is 108 cm³/mol. The SMILES string of the molecule is O=C(COC(=O)[C@@H]1CC(=O)N(c2cccc(Cl)c2Cl)C1)Nc1ccccc1C(F)(F)F. The summed E-state index contributed by atoms with van der Waals surface area (Å²) in [4.78, 5) is 37.8. The predicted octanol–water partition coefficient (Wildman–Crippen LogP) is 4.55. The van der Waals surface area contributed by atoms with E-state index in [1.54, 1.807) is 18.2 Å².